The van der Waals surface area contributed by atoms with Crippen molar-refractivity contribution in [3.05, 3.63) is 23.7 Å². The van der Waals surface area contributed by atoms with Crippen molar-refractivity contribution in [3.63, 3.8) is 0 Å². The molecule has 2 aliphatic carbocycles. The van der Waals surface area contributed by atoms with Crippen molar-refractivity contribution in [2.45, 2.75) is 83.4 Å². The number of fused-ring (bicyclic) bond motifs is 3. The molecule has 0 unspecified atom stereocenters. The lowest BCUT2D eigenvalue weighted by molar-refractivity contribution is -0.298. The molecule has 1 aromatic rings. The molecule has 31 heavy (non-hydrogen) atoms. The number of Topliss-reactive ketones (excluding diaryl/α,β-unsaturated/α-hetero) is 1. The standard InChI is InChI=1S/C25H36O6/c1-13-11-24(30-12-13)25(28)16(4)20-17(26)10-15(3)19(20)21(27)22(25)23(5,31-24)8-6-18-14(2)7-9-29-18/h7,9,13,15-17,19-20,22,26,28H,6,8,10-12H2,1-5H3/t13-,15+,16-,17+,19-,20+,22+,23-,24-,25-/m1/s1. The van der Waals surface area contributed by atoms with Crippen molar-refractivity contribution < 1.29 is 28.9 Å². The lowest BCUT2D eigenvalue weighted by Crippen LogP contribution is -2.67. The number of hydrogen-bond acceptors (Lipinski definition) is 6. The minimum atomic E-state index is -1.46. The Balaban J connectivity index is 1.58. The Kier molecular flexibility index (Phi) is 4.81. The van der Waals surface area contributed by atoms with Gasteiger partial charge >= 0.3 is 0 Å². The molecule has 2 N–H and O–H groups in total. The molecule has 2 saturated heterocycles. The van der Waals surface area contributed by atoms with Crippen LogP contribution in [0.4, 0.5) is 0 Å². The summed E-state index contributed by atoms with van der Waals surface area (Å²) in [4.78, 5) is 14.0. The van der Waals surface area contributed by atoms with Gasteiger partial charge in [0, 0.05) is 24.7 Å². The van der Waals surface area contributed by atoms with Crippen molar-refractivity contribution in [1.29, 1.82) is 0 Å². The molecule has 4 fully saturated rings. The van der Waals surface area contributed by atoms with Gasteiger partial charge in [0.2, 0.25) is 0 Å². The molecule has 172 valence electrons. The number of aliphatic hydroxyl groups excluding tert-OH is 1. The number of ether oxygens (including phenoxy) is 2. The zero-order valence-corrected chi connectivity index (χ0v) is 19.3. The van der Waals surface area contributed by atoms with Gasteiger partial charge in [0.05, 0.1) is 30.5 Å². The van der Waals surface area contributed by atoms with Crippen LogP contribution in [0.2, 0.25) is 0 Å². The first kappa shape index (κ1) is 21.6. The van der Waals surface area contributed by atoms with Crippen LogP contribution in [0, 0.1) is 42.4 Å². The van der Waals surface area contributed by atoms with Gasteiger partial charge in [-0.1, -0.05) is 20.8 Å². The molecule has 1 aromatic heterocycles. The predicted octanol–water partition coefficient (Wildman–Crippen LogP) is 3.26. The summed E-state index contributed by atoms with van der Waals surface area (Å²) in [6.07, 6.45) is 3.43. The monoisotopic (exact) mass is 432 g/mol. The molecule has 6 nitrogen and oxygen atoms in total. The maximum Gasteiger partial charge on any atom is 0.199 e. The molecule has 2 aliphatic heterocycles. The maximum absolute atomic E-state index is 14.0. The smallest absolute Gasteiger partial charge is 0.199 e. The van der Waals surface area contributed by atoms with Gasteiger partial charge in [-0.25, -0.2) is 0 Å². The average Bonchev–Trinajstić information content (AvgIpc) is 3.39. The maximum atomic E-state index is 14.0. The summed E-state index contributed by atoms with van der Waals surface area (Å²) in [6.45, 7) is 10.6. The van der Waals surface area contributed by atoms with Crippen molar-refractivity contribution in [3.8, 4) is 0 Å². The number of carbonyl (C=O) groups excluding carboxylic acids is 1. The summed E-state index contributed by atoms with van der Waals surface area (Å²) in [5, 5.41) is 23.2. The molecule has 3 heterocycles. The van der Waals surface area contributed by atoms with Crippen LogP contribution in [0.1, 0.15) is 58.3 Å². The van der Waals surface area contributed by atoms with Crippen LogP contribution < -0.4 is 0 Å². The molecular formula is C25H36O6. The first-order valence-electron chi connectivity index (χ1n) is 11.9. The lowest BCUT2D eigenvalue weighted by atomic mass is 9.53. The molecule has 1 spiro atoms. The number of carbonyl (C=O) groups is 1. The Morgan fingerprint density at radius 2 is 2.00 bits per heavy atom. The van der Waals surface area contributed by atoms with Gasteiger partial charge in [-0.2, -0.15) is 0 Å². The van der Waals surface area contributed by atoms with Crippen molar-refractivity contribution in [2.24, 2.45) is 35.5 Å². The molecule has 6 heteroatoms. The molecule has 0 bridgehead atoms. The second-order valence-electron chi connectivity index (χ2n) is 11.1. The highest BCUT2D eigenvalue weighted by atomic mass is 16.7. The van der Waals surface area contributed by atoms with Crippen molar-refractivity contribution in [2.75, 3.05) is 6.61 Å². The Morgan fingerprint density at radius 1 is 1.26 bits per heavy atom. The number of aliphatic hydroxyl groups is 2. The molecule has 0 aromatic carbocycles. The highest BCUT2D eigenvalue weighted by Gasteiger charge is 2.79. The highest BCUT2D eigenvalue weighted by Crippen LogP contribution is 2.66. The van der Waals surface area contributed by atoms with E-state index in [1.165, 1.54) is 0 Å². The molecule has 4 aliphatic rings. The van der Waals surface area contributed by atoms with Gasteiger partial charge in [0.15, 0.2) is 5.79 Å². The third kappa shape index (κ3) is 2.74. The van der Waals surface area contributed by atoms with Crippen LogP contribution >= 0.6 is 0 Å². The van der Waals surface area contributed by atoms with Crippen LogP contribution in [-0.2, 0) is 20.7 Å². The summed E-state index contributed by atoms with van der Waals surface area (Å²) < 4.78 is 18.6. The van der Waals surface area contributed by atoms with Gasteiger partial charge in [-0.05, 0) is 56.1 Å². The van der Waals surface area contributed by atoms with E-state index in [9.17, 15) is 15.0 Å². The summed E-state index contributed by atoms with van der Waals surface area (Å²) in [6, 6.07) is 1.94. The van der Waals surface area contributed by atoms with E-state index in [0.29, 0.717) is 32.3 Å². The summed E-state index contributed by atoms with van der Waals surface area (Å²) in [5.41, 5.74) is -1.26. The van der Waals surface area contributed by atoms with Gasteiger partial charge in [0.1, 0.15) is 17.1 Å². The SMILES string of the molecule is Cc1ccoc1CC[C@@]1(C)O[C@]2(C[C@@H](C)CO2)[C@@]2(O)[C@H](C)[C@@H]3[C@H](C(=O)[C@H]21)[C@@H](C)C[C@@H]3O. The fourth-order valence-electron chi connectivity index (χ4n) is 7.65. The second-order valence-corrected chi connectivity index (χ2v) is 11.1. The highest BCUT2D eigenvalue weighted by molar-refractivity contribution is 5.88. The third-order valence-electron chi connectivity index (χ3n) is 9.06. The molecule has 0 amide bonds. The second kappa shape index (κ2) is 6.89. The Hall–Kier alpha value is -1.21. The molecule has 2 saturated carbocycles. The topological polar surface area (TPSA) is 89.1 Å². The van der Waals surface area contributed by atoms with Crippen LogP contribution in [0.5, 0.6) is 0 Å². The lowest BCUT2D eigenvalue weighted by Gasteiger charge is -2.52. The number of aryl methyl sites for hydroxylation is 2. The van der Waals surface area contributed by atoms with E-state index in [4.69, 9.17) is 13.9 Å². The zero-order chi connectivity index (χ0) is 22.3. The van der Waals surface area contributed by atoms with E-state index in [1.54, 1.807) is 6.26 Å². The fraction of sp³-hybridized carbons (Fsp3) is 0.800. The van der Waals surface area contributed by atoms with E-state index in [1.807, 2.05) is 33.8 Å². The first-order chi connectivity index (χ1) is 14.5. The minimum Gasteiger partial charge on any atom is -0.469 e. The average molecular weight is 433 g/mol. The normalized spacial score (nSPS) is 51.5. The fourth-order valence-corrected chi connectivity index (χ4v) is 7.65. The van der Waals surface area contributed by atoms with Crippen molar-refractivity contribution in [1.82, 2.24) is 0 Å². The Labute approximate surface area is 184 Å². The van der Waals surface area contributed by atoms with E-state index in [-0.39, 0.29) is 35.4 Å². The van der Waals surface area contributed by atoms with E-state index >= 15 is 0 Å². The van der Waals surface area contributed by atoms with Gasteiger partial charge in [-0.3, -0.25) is 4.79 Å². The molecule has 5 rings (SSSR count). The Bertz CT molecular complexity index is 879. The zero-order valence-electron chi connectivity index (χ0n) is 19.3. The number of rotatable bonds is 3. The molecular weight excluding hydrogens is 396 g/mol. The van der Waals surface area contributed by atoms with Crippen LogP contribution in [0.15, 0.2) is 16.7 Å². The molecule has 10 atom stereocenters. The van der Waals surface area contributed by atoms with Crippen LogP contribution in [-0.4, -0.2) is 45.7 Å². The van der Waals surface area contributed by atoms with Gasteiger partial charge in [0.25, 0.3) is 0 Å². The van der Waals surface area contributed by atoms with Gasteiger partial charge in [-0.15, -0.1) is 0 Å². The predicted molar refractivity (Wildman–Crippen MR) is 113 cm³/mol. The van der Waals surface area contributed by atoms with Gasteiger partial charge < -0.3 is 24.1 Å². The Morgan fingerprint density at radius 3 is 2.61 bits per heavy atom. The number of hydrogen-bond donors (Lipinski definition) is 2. The summed E-state index contributed by atoms with van der Waals surface area (Å²) >= 11 is 0. The summed E-state index contributed by atoms with van der Waals surface area (Å²) in [5.74, 6) is -1.49. The largest absolute Gasteiger partial charge is 0.469 e. The molecule has 0 radical (unpaired) electrons. The van der Waals surface area contributed by atoms with Crippen molar-refractivity contribution >= 4 is 5.78 Å². The van der Waals surface area contributed by atoms with E-state index in [2.05, 4.69) is 6.92 Å². The number of furan rings is 1. The first-order valence-corrected chi connectivity index (χ1v) is 11.9. The van der Waals surface area contributed by atoms with Crippen LogP contribution in [0.25, 0.3) is 0 Å². The quantitative estimate of drug-likeness (QED) is 0.762. The van der Waals surface area contributed by atoms with E-state index in [0.717, 1.165) is 11.3 Å². The van der Waals surface area contributed by atoms with E-state index < -0.39 is 29.0 Å². The minimum absolute atomic E-state index is 0.0355. The summed E-state index contributed by atoms with van der Waals surface area (Å²) in [7, 11) is 0. The third-order valence-corrected chi connectivity index (χ3v) is 9.06. The number of ketones is 1. The van der Waals surface area contributed by atoms with Crippen LogP contribution in [0.3, 0.4) is 0 Å².